The first-order valence-corrected chi connectivity index (χ1v) is 10.9. The normalized spacial score (nSPS) is 18.0. The number of ketones is 1. The van der Waals surface area contributed by atoms with Crippen LogP contribution in [0.3, 0.4) is 0 Å². The second-order valence-corrected chi connectivity index (χ2v) is 9.16. The van der Waals surface area contributed by atoms with Gasteiger partial charge in [0.15, 0.2) is 5.78 Å². The van der Waals surface area contributed by atoms with Crippen LogP contribution >= 0.6 is 0 Å². The van der Waals surface area contributed by atoms with Crippen molar-refractivity contribution in [3.63, 3.8) is 0 Å². The molecule has 1 atom stereocenters. The molecule has 1 N–H and O–H groups in total. The number of aryl methyl sites for hydroxylation is 1. The summed E-state index contributed by atoms with van der Waals surface area (Å²) in [5.74, 6) is -0.202. The minimum Gasteiger partial charge on any atom is -0.346 e. The molecular weight excluding hydrogens is 400 g/mol. The van der Waals surface area contributed by atoms with Gasteiger partial charge in [0.05, 0.1) is 23.7 Å². The highest BCUT2D eigenvalue weighted by molar-refractivity contribution is 5.94. The molecule has 2 aromatic heterocycles. The Morgan fingerprint density at radius 1 is 1.31 bits per heavy atom. The summed E-state index contributed by atoms with van der Waals surface area (Å²) >= 11 is 0. The summed E-state index contributed by atoms with van der Waals surface area (Å²) in [5.41, 5.74) is 4.29. The lowest BCUT2D eigenvalue weighted by Gasteiger charge is -2.24. The van der Waals surface area contributed by atoms with Crippen LogP contribution in [0.5, 0.6) is 0 Å². The molecule has 0 spiro atoms. The number of fused-ring (bicyclic) bond motifs is 2. The molecule has 3 aromatic rings. The summed E-state index contributed by atoms with van der Waals surface area (Å²) < 4.78 is 2.12. The summed E-state index contributed by atoms with van der Waals surface area (Å²) in [5, 5.41) is 4.49. The van der Waals surface area contributed by atoms with Crippen LogP contribution in [0.25, 0.3) is 17.0 Å². The van der Waals surface area contributed by atoms with Crippen LogP contribution in [-0.4, -0.2) is 38.7 Å². The van der Waals surface area contributed by atoms with E-state index in [4.69, 9.17) is 0 Å². The maximum Gasteiger partial charge on any atom is 0.246 e. The molecule has 1 aliphatic rings. The third kappa shape index (κ3) is 4.10. The lowest BCUT2D eigenvalue weighted by Crippen LogP contribution is -2.46. The van der Waals surface area contributed by atoms with Crippen molar-refractivity contribution in [2.75, 3.05) is 7.05 Å². The zero-order valence-corrected chi connectivity index (χ0v) is 19.3. The molecule has 0 bridgehead atoms. The zero-order chi connectivity index (χ0) is 23.0. The second-order valence-electron chi connectivity index (χ2n) is 9.16. The number of amides is 1. The fraction of sp³-hybridized carbons (Fsp3) is 0.346. The predicted octanol–water partition coefficient (Wildman–Crippen LogP) is 3.80. The van der Waals surface area contributed by atoms with Crippen molar-refractivity contribution in [2.45, 2.75) is 45.3 Å². The Balaban J connectivity index is 1.48. The molecule has 1 unspecified atom stereocenters. The molecule has 1 amide bonds. The highest BCUT2D eigenvalue weighted by Crippen LogP contribution is 2.28. The van der Waals surface area contributed by atoms with Gasteiger partial charge in [-0.15, -0.1) is 0 Å². The van der Waals surface area contributed by atoms with Gasteiger partial charge >= 0.3 is 0 Å². The average Bonchev–Trinajstić information content (AvgIpc) is 3.06. The number of hydrogen-bond acceptors (Lipinski definition) is 4. The Morgan fingerprint density at radius 3 is 2.81 bits per heavy atom. The fourth-order valence-electron chi connectivity index (χ4n) is 4.34. The molecule has 6 heteroatoms. The molecule has 0 saturated carbocycles. The number of benzene rings is 1. The number of hydrogen-bond donors (Lipinski definition) is 1. The minimum atomic E-state index is -0.587. The van der Waals surface area contributed by atoms with Crippen molar-refractivity contribution in [3.05, 3.63) is 71.2 Å². The minimum absolute atomic E-state index is 0.0759. The van der Waals surface area contributed by atoms with Crippen LogP contribution in [0, 0.1) is 0 Å². The topological polar surface area (TPSA) is 67.2 Å². The van der Waals surface area contributed by atoms with E-state index in [0.717, 1.165) is 28.0 Å². The number of nitrogens with one attached hydrogen (secondary N) is 1. The van der Waals surface area contributed by atoms with Crippen LogP contribution in [0.15, 0.2) is 48.7 Å². The molecule has 0 saturated heterocycles. The van der Waals surface area contributed by atoms with E-state index < -0.39 is 5.54 Å². The lowest BCUT2D eigenvalue weighted by molar-refractivity contribution is -0.126. The Labute approximate surface area is 188 Å². The first kappa shape index (κ1) is 22.0. The Morgan fingerprint density at radius 2 is 2.06 bits per heavy atom. The molecular formula is C26H30N4O2. The van der Waals surface area contributed by atoms with Crippen molar-refractivity contribution >= 4 is 28.7 Å². The quantitative estimate of drug-likeness (QED) is 0.640. The van der Waals surface area contributed by atoms with Gasteiger partial charge in [0.25, 0.3) is 0 Å². The Kier molecular flexibility index (Phi) is 5.73. The van der Waals surface area contributed by atoms with Crippen molar-refractivity contribution in [3.8, 4) is 0 Å². The maximum atomic E-state index is 12.7. The smallest absolute Gasteiger partial charge is 0.246 e. The van der Waals surface area contributed by atoms with E-state index in [1.165, 1.54) is 5.39 Å². The number of para-hydroxylation sites is 1. The number of likely N-dealkylation sites (N-methyl/N-ethyl adjacent to an activating group) is 1. The van der Waals surface area contributed by atoms with Gasteiger partial charge in [-0.1, -0.05) is 18.2 Å². The molecule has 1 aromatic carbocycles. The summed E-state index contributed by atoms with van der Waals surface area (Å²) in [7, 11) is 3.83. The van der Waals surface area contributed by atoms with Gasteiger partial charge in [0.2, 0.25) is 5.91 Å². The van der Waals surface area contributed by atoms with Crippen molar-refractivity contribution in [1.82, 2.24) is 19.8 Å². The number of rotatable bonds is 4. The predicted molar refractivity (Wildman–Crippen MR) is 127 cm³/mol. The fourth-order valence-corrected chi connectivity index (χ4v) is 4.34. The lowest BCUT2D eigenvalue weighted by atomic mass is 9.88. The van der Waals surface area contributed by atoms with Crippen LogP contribution < -0.4 is 5.32 Å². The van der Waals surface area contributed by atoms with Gasteiger partial charge in [0, 0.05) is 44.1 Å². The monoisotopic (exact) mass is 430 g/mol. The van der Waals surface area contributed by atoms with Crippen LogP contribution in [-0.2, 0) is 29.7 Å². The summed E-state index contributed by atoms with van der Waals surface area (Å²) in [6.07, 6.45) is 5.10. The maximum absolute atomic E-state index is 12.7. The van der Waals surface area contributed by atoms with Gasteiger partial charge < -0.3 is 14.8 Å². The number of carbonyl (C=O) groups is 2. The number of aromatic nitrogens is 2. The third-order valence-corrected chi connectivity index (χ3v) is 6.41. The SMILES string of the molecule is CC1C(=O)C(C)(C)NCc2cc(/C=C/C(=O)N(C)Cc3cc4ccccc4n3C)cnc21. The van der Waals surface area contributed by atoms with Gasteiger partial charge in [-0.25, -0.2) is 0 Å². The number of Topliss-reactive ketones (excluding diaryl/α,β-unsaturated/α-hetero) is 1. The summed E-state index contributed by atoms with van der Waals surface area (Å²) in [6.45, 7) is 6.81. The molecule has 3 heterocycles. The van der Waals surface area contributed by atoms with Crippen molar-refractivity contribution in [2.24, 2.45) is 7.05 Å². The average molecular weight is 431 g/mol. The first-order chi connectivity index (χ1) is 15.2. The number of pyridine rings is 1. The first-order valence-electron chi connectivity index (χ1n) is 10.9. The molecule has 0 aliphatic carbocycles. The van der Waals surface area contributed by atoms with Gasteiger partial charge in [-0.2, -0.15) is 0 Å². The highest BCUT2D eigenvalue weighted by atomic mass is 16.2. The molecule has 166 valence electrons. The van der Waals surface area contributed by atoms with E-state index in [9.17, 15) is 9.59 Å². The van der Waals surface area contributed by atoms with Crippen LogP contribution in [0.2, 0.25) is 0 Å². The molecule has 1 aliphatic heterocycles. The van der Waals surface area contributed by atoms with Crippen molar-refractivity contribution in [1.29, 1.82) is 0 Å². The molecule has 6 nitrogen and oxygen atoms in total. The summed E-state index contributed by atoms with van der Waals surface area (Å²) in [4.78, 5) is 31.7. The number of carbonyl (C=O) groups excluding carboxylic acids is 2. The van der Waals surface area contributed by atoms with E-state index in [1.807, 2.05) is 46.0 Å². The van der Waals surface area contributed by atoms with Gasteiger partial charge in [-0.3, -0.25) is 14.6 Å². The van der Waals surface area contributed by atoms with E-state index >= 15 is 0 Å². The molecule has 0 fully saturated rings. The van der Waals surface area contributed by atoms with E-state index in [2.05, 4.69) is 33.1 Å². The largest absolute Gasteiger partial charge is 0.346 e. The zero-order valence-electron chi connectivity index (χ0n) is 19.3. The molecule has 4 rings (SSSR count). The highest BCUT2D eigenvalue weighted by Gasteiger charge is 2.36. The van der Waals surface area contributed by atoms with Crippen LogP contribution in [0.4, 0.5) is 0 Å². The van der Waals surface area contributed by atoms with Crippen LogP contribution in [0.1, 0.15) is 49.2 Å². The third-order valence-electron chi connectivity index (χ3n) is 6.41. The summed E-state index contributed by atoms with van der Waals surface area (Å²) in [6, 6.07) is 12.3. The Hall–Kier alpha value is -3.25. The molecule has 0 radical (unpaired) electrons. The van der Waals surface area contributed by atoms with Gasteiger partial charge in [-0.05, 0) is 61.6 Å². The van der Waals surface area contributed by atoms with E-state index in [-0.39, 0.29) is 17.6 Å². The van der Waals surface area contributed by atoms with E-state index in [0.29, 0.717) is 13.1 Å². The van der Waals surface area contributed by atoms with E-state index in [1.54, 1.807) is 30.3 Å². The van der Waals surface area contributed by atoms with Crippen molar-refractivity contribution < 1.29 is 9.59 Å². The Bertz CT molecular complexity index is 1220. The standard InChI is InChI=1S/C26H30N4O2/c1-17-24-20(15-28-26(2,3)25(17)32)12-18(14-27-24)10-11-23(31)29(4)16-21-13-19-8-6-7-9-22(19)30(21)5/h6-14,17,28H,15-16H2,1-5H3/b11-10+. The number of nitrogens with zero attached hydrogens (tertiary/aromatic N) is 3. The van der Waals surface area contributed by atoms with Gasteiger partial charge in [0.1, 0.15) is 0 Å². The molecule has 32 heavy (non-hydrogen) atoms. The second kappa shape index (κ2) is 8.36.